The van der Waals surface area contributed by atoms with Crippen molar-refractivity contribution in [3.63, 3.8) is 0 Å². The first-order valence-corrected chi connectivity index (χ1v) is 4.88. The number of hydrogen-bond donors (Lipinski definition) is 2. The fraction of sp³-hybridized carbons (Fsp3) is 0.455. The lowest BCUT2D eigenvalue weighted by atomic mass is 10.1. The van der Waals surface area contributed by atoms with E-state index in [1.54, 1.807) is 14.2 Å². The molecule has 1 aromatic carbocycles. The van der Waals surface area contributed by atoms with Gasteiger partial charge in [-0.05, 0) is 24.1 Å². The van der Waals surface area contributed by atoms with Crippen molar-refractivity contribution in [1.82, 2.24) is 5.43 Å². The Morgan fingerprint density at radius 3 is 2.40 bits per heavy atom. The van der Waals surface area contributed by atoms with Crippen molar-refractivity contribution in [3.8, 4) is 5.75 Å². The van der Waals surface area contributed by atoms with E-state index in [4.69, 9.17) is 15.3 Å². The van der Waals surface area contributed by atoms with Crippen molar-refractivity contribution in [2.24, 2.45) is 5.84 Å². The third-order valence-electron chi connectivity index (χ3n) is 2.24. The first-order valence-electron chi connectivity index (χ1n) is 4.88. The fourth-order valence-corrected chi connectivity index (χ4v) is 1.41. The number of benzene rings is 1. The van der Waals surface area contributed by atoms with Gasteiger partial charge in [-0.1, -0.05) is 12.1 Å². The molecule has 0 aliphatic rings. The molecular weight excluding hydrogens is 192 g/mol. The van der Waals surface area contributed by atoms with Gasteiger partial charge in [0, 0.05) is 13.2 Å². The molecular formula is C11H18N2O2. The van der Waals surface area contributed by atoms with E-state index in [0.29, 0.717) is 6.61 Å². The van der Waals surface area contributed by atoms with E-state index < -0.39 is 0 Å². The number of nitrogens with two attached hydrogens (primary N) is 1. The minimum atomic E-state index is 0.142. The average Bonchev–Trinajstić information content (AvgIpc) is 2.29. The van der Waals surface area contributed by atoms with Crippen molar-refractivity contribution < 1.29 is 9.47 Å². The monoisotopic (exact) mass is 210 g/mol. The predicted octanol–water partition coefficient (Wildman–Crippen LogP) is 0.716. The molecule has 3 N–H and O–H groups in total. The molecule has 0 amide bonds. The summed E-state index contributed by atoms with van der Waals surface area (Å²) in [5, 5.41) is 0. The quantitative estimate of drug-likeness (QED) is 0.536. The van der Waals surface area contributed by atoms with Gasteiger partial charge < -0.3 is 9.47 Å². The highest BCUT2D eigenvalue weighted by Crippen LogP contribution is 2.12. The molecule has 0 bridgehead atoms. The summed E-state index contributed by atoms with van der Waals surface area (Å²) in [6.45, 7) is 0.600. The van der Waals surface area contributed by atoms with E-state index in [2.05, 4.69) is 5.43 Å². The third-order valence-corrected chi connectivity index (χ3v) is 2.24. The molecule has 1 rings (SSSR count). The molecule has 1 atom stereocenters. The minimum Gasteiger partial charge on any atom is -0.497 e. The van der Waals surface area contributed by atoms with E-state index in [1.807, 2.05) is 24.3 Å². The van der Waals surface area contributed by atoms with Crippen molar-refractivity contribution in [1.29, 1.82) is 0 Å². The van der Waals surface area contributed by atoms with Gasteiger partial charge in [-0.3, -0.25) is 11.3 Å². The lowest BCUT2D eigenvalue weighted by molar-refractivity contribution is 0.166. The van der Waals surface area contributed by atoms with Crippen LogP contribution < -0.4 is 16.0 Å². The Hall–Kier alpha value is -1.10. The first-order chi connectivity index (χ1) is 7.30. The van der Waals surface area contributed by atoms with Crippen molar-refractivity contribution >= 4 is 0 Å². The van der Waals surface area contributed by atoms with Crippen LogP contribution in [0.1, 0.15) is 5.56 Å². The van der Waals surface area contributed by atoms with Crippen molar-refractivity contribution in [3.05, 3.63) is 29.8 Å². The van der Waals surface area contributed by atoms with Crippen LogP contribution in [0.15, 0.2) is 24.3 Å². The van der Waals surface area contributed by atoms with Crippen molar-refractivity contribution in [2.45, 2.75) is 12.5 Å². The summed E-state index contributed by atoms with van der Waals surface area (Å²) in [7, 11) is 3.32. The predicted molar refractivity (Wildman–Crippen MR) is 59.7 cm³/mol. The SMILES string of the molecule is COCC(Cc1ccc(OC)cc1)NN. The zero-order valence-corrected chi connectivity index (χ0v) is 9.19. The largest absolute Gasteiger partial charge is 0.497 e. The summed E-state index contributed by atoms with van der Waals surface area (Å²) in [5.41, 5.74) is 3.93. The summed E-state index contributed by atoms with van der Waals surface area (Å²) in [4.78, 5) is 0. The zero-order valence-electron chi connectivity index (χ0n) is 9.19. The second-order valence-corrected chi connectivity index (χ2v) is 3.37. The van der Waals surface area contributed by atoms with Crippen LogP contribution in [0.4, 0.5) is 0 Å². The second-order valence-electron chi connectivity index (χ2n) is 3.37. The summed E-state index contributed by atoms with van der Waals surface area (Å²) < 4.78 is 10.1. The van der Waals surface area contributed by atoms with E-state index in [9.17, 15) is 0 Å². The topological polar surface area (TPSA) is 56.5 Å². The Kier molecular flexibility index (Phi) is 5.10. The average molecular weight is 210 g/mol. The number of ether oxygens (including phenoxy) is 2. The Balaban J connectivity index is 2.55. The normalized spacial score (nSPS) is 12.5. The summed E-state index contributed by atoms with van der Waals surface area (Å²) in [6, 6.07) is 8.08. The van der Waals surface area contributed by atoms with Crippen LogP contribution in [0.25, 0.3) is 0 Å². The Labute approximate surface area is 90.3 Å². The van der Waals surface area contributed by atoms with Crippen LogP contribution in [0, 0.1) is 0 Å². The van der Waals surface area contributed by atoms with E-state index >= 15 is 0 Å². The highest BCUT2D eigenvalue weighted by Gasteiger charge is 2.06. The van der Waals surface area contributed by atoms with Crippen LogP contribution >= 0.6 is 0 Å². The molecule has 4 heteroatoms. The van der Waals surface area contributed by atoms with Gasteiger partial charge in [-0.2, -0.15) is 0 Å². The van der Waals surface area contributed by atoms with Gasteiger partial charge in [0.05, 0.1) is 13.7 Å². The molecule has 0 fully saturated rings. The Morgan fingerprint density at radius 1 is 1.27 bits per heavy atom. The molecule has 0 radical (unpaired) electrons. The molecule has 1 aromatic rings. The number of hydrogen-bond acceptors (Lipinski definition) is 4. The summed E-state index contributed by atoms with van der Waals surface area (Å²) in [5.74, 6) is 6.27. The maximum absolute atomic E-state index is 5.41. The fourth-order valence-electron chi connectivity index (χ4n) is 1.41. The molecule has 0 spiro atoms. The highest BCUT2D eigenvalue weighted by atomic mass is 16.5. The minimum absolute atomic E-state index is 0.142. The van der Waals surface area contributed by atoms with Gasteiger partial charge in [0.1, 0.15) is 5.75 Å². The van der Waals surface area contributed by atoms with Crippen LogP contribution in [0.2, 0.25) is 0 Å². The molecule has 0 heterocycles. The Bertz CT molecular complexity index is 274. The van der Waals surface area contributed by atoms with Gasteiger partial charge in [0.15, 0.2) is 0 Å². The molecule has 4 nitrogen and oxygen atoms in total. The van der Waals surface area contributed by atoms with Crippen LogP contribution in [-0.4, -0.2) is 26.9 Å². The molecule has 0 saturated heterocycles. The van der Waals surface area contributed by atoms with E-state index in [1.165, 1.54) is 5.56 Å². The van der Waals surface area contributed by atoms with Gasteiger partial charge in [0.2, 0.25) is 0 Å². The molecule has 0 aliphatic carbocycles. The number of nitrogens with one attached hydrogen (secondary N) is 1. The van der Waals surface area contributed by atoms with Gasteiger partial charge in [0.25, 0.3) is 0 Å². The van der Waals surface area contributed by atoms with Gasteiger partial charge >= 0.3 is 0 Å². The molecule has 0 aromatic heterocycles. The number of methoxy groups -OCH3 is 2. The van der Waals surface area contributed by atoms with Crippen LogP contribution in [0.3, 0.4) is 0 Å². The molecule has 84 valence electrons. The molecule has 0 aliphatic heterocycles. The van der Waals surface area contributed by atoms with Gasteiger partial charge in [-0.25, -0.2) is 0 Å². The maximum Gasteiger partial charge on any atom is 0.118 e. The summed E-state index contributed by atoms with van der Waals surface area (Å²) in [6.07, 6.45) is 0.842. The van der Waals surface area contributed by atoms with Crippen LogP contribution in [0.5, 0.6) is 5.75 Å². The maximum atomic E-state index is 5.41. The molecule has 1 unspecified atom stereocenters. The molecule has 0 saturated carbocycles. The van der Waals surface area contributed by atoms with Gasteiger partial charge in [-0.15, -0.1) is 0 Å². The lowest BCUT2D eigenvalue weighted by Gasteiger charge is -2.14. The first kappa shape index (κ1) is 12.0. The molecule has 15 heavy (non-hydrogen) atoms. The standard InChI is InChI=1S/C11H18N2O2/c1-14-8-10(13-12)7-9-3-5-11(15-2)6-4-9/h3-6,10,13H,7-8,12H2,1-2H3. The highest BCUT2D eigenvalue weighted by molar-refractivity contribution is 5.27. The third kappa shape index (κ3) is 3.87. The van der Waals surface area contributed by atoms with E-state index in [0.717, 1.165) is 12.2 Å². The zero-order chi connectivity index (χ0) is 11.1. The summed E-state index contributed by atoms with van der Waals surface area (Å²) >= 11 is 0. The van der Waals surface area contributed by atoms with E-state index in [-0.39, 0.29) is 6.04 Å². The Morgan fingerprint density at radius 2 is 1.93 bits per heavy atom. The smallest absolute Gasteiger partial charge is 0.118 e. The van der Waals surface area contributed by atoms with Crippen molar-refractivity contribution in [2.75, 3.05) is 20.8 Å². The second kappa shape index (κ2) is 6.40. The number of hydrazine groups is 1. The number of rotatable bonds is 6. The lowest BCUT2D eigenvalue weighted by Crippen LogP contribution is -2.40. The van der Waals surface area contributed by atoms with Crippen LogP contribution in [-0.2, 0) is 11.2 Å².